The summed E-state index contributed by atoms with van der Waals surface area (Å²) in [5, 5.41) is 0. The molecule has 12 heavy (non-hydrogen) atoms. The fourth-order valence-electron chi connectivity index (χ4n) is 1.61. The van der Waals surface area contributed by atoms with Gasteiger partial charge in [0.15, 0.2) is 0 Å². The Hall–Kier alpha value is -0.300. The van der Waals surface area contributed by atoms with E-state index in [1.807, 2.05) is 0 Å². The molecule has 0 unspecified atom stereocenters. The molecule has 1 heteroatoms. The van der Waals surface area contributed by atoms with Crippen LogP contribution >= 0.6 is 0 Å². The van der Waals surface area contributed by atoms with Crippen molar-refractivity contribution >= 4 is 0 Å². The lowest BCUT2D eigenvalue weighted by Gasteiger charge is -2.13. The van der Waals surface area contributed by atoms with Gasteiger partial charge in [0.2, 0.25) is 0 Å². The van der Waals surface area contributed by atoms with Crippen molar-refractivity contribution in [1.82, 2.24) is 0 Å². The number of allylic oxidation sites excluding steroid dienone is 1. The lowest BCUT2D eigenvalue weighted by atomic mass is 9.95. The number of rotatable bonds is 4. The largest absolute Gasteiger partial charge is 0.377 e. The summed E-state index contributed by atoms with van der Waals surface area (Å²) in [6.07, 6.45) is 10.2. The summed E-state index contributed by atoms with van der Waals surface area (Å²) in [7, 11) is 0. The molecule has 0 N–H and O–H groups in total. The maximum absolute atomic E-state index is 5.41. The third-order valence-corrected chi connectivity index (χ3v) is 2.33. The smallest absolute Gasteiger partial charge is 0.0650 e. The van der Waals surface area contributed by atoms with Gasteiger partial charge < -0.3 is 4.74 Å². The summed E-state index contributed by atoms with van der Waals surface area (Å²) in [4.78, 5) is 0. The van der Waals surface area contributed by atoms with Crippen LogP contribution in [0.1, 0.15) is 45.4 Å². The van der Waals surface area contributed by atoms with Gasteiger partial charge in [0, 0.05) is 6.61 Å². The van der Waals surface area contributed by atoms with Crippen LogP contribution in [0.5, 0.6) is 0 Å². The van der Waals surface area contributed by atoms with Crippen LogP contribution in [-0.4, -0.2) is 13.2 Å². The Bertz CT molecular complexity index is 130. The Morgan fingerprint density at radius 2 is 2.00 bits per heavy atom. The monoisotopic (exact) mass is 168 g/mol. The van der Waals surface area contributed by atoms with Crippen molar-refractivity contribution in [1.29, 1.82) is 0 Å². The summed E-state index contributed by atoms with van der Waals surface area (Å²) in [5.74, 6) is 0. The molecular formula is C11H20O. The van der Waals surface area contributed by atoms with Gasteiger partial charge in [-0.3, -0.25) is 0 Å². The average Bonchev–Trinajstić information content (AvgIpc) is 2.14. The second kappa shape index (κ2) is 6.24. The fourth-order valence-corrected chi connectivity index (χ4v) is 1.61. The zero-order valence-electron chi connectivity index (χ0n) is 8.14. The zero-order valence-corrected chi connectivity index (χ0v) is 8.14. The summed E-state index contributed by atoms with van der Waals surface area (Å²) in [6, 6.07) is 0. The number of ether oxygens (including phenoxy) is 1. The molecule has 1 rings (SSSR count). The van der Waals surface area contributed by atoms with Gasteiger partial charge in [-0.05, 0) is 32.1 Å². The second-order valence-corrected chi connectivity index (χ2v) is 3.50. The third kappa shape index (κ3) is 3.91. The molecule has 0 heterocycles. The predicted octanol–water partition coefficient (Wildman–Crippen LogP) is 3.30. The van der Waals surface area contributed by atoms with Crippen LogP contribution in [0, 0.1) is 0 Å². The lowest BCUT2D eigenvalue weighted by molar-refractivity contribution is 0.162. The molecule has 0 aliphatic heterocycles. The van der Waals surface area contributed by atoms with Crippen molar-refractivity contribution in [3.8, 4) is 0 Å². The van der Waals surface area contributed by atoms with Gasteiger partial charge in [0.25, 0.3) is 0 Å². The Balaban J connectivity index is 2.08. The second-order valence-electron chi connectivity index (χ2n) is 3.50. The first-order chi connectivity index (χ1) is 5.93. The number of hydrogen-bond acceptors (Lipinski definition) is 1. The van der Waals surface area contributed by atoms with Crippen molar-refractivity contribution in [3.63, 3.8) is 0 Å². The third-order valence-electron chi connectivity index (χ3n) is 2.33. The predicted molar refractivity (Wildman–Crippen MR) is 52.3 cm³/mol. The minimum Gasteiger partial charge on any atom is -0.377 e. The molecule has 70 valence electrons. The Morgan fingerprint density at radius 3 is 2.67 bits per heavy atom. The van der Waals surface area contributed by atoms with E-state index in [1.54, 1.807) is 5.57 Å². The van der Waals surface area contributed by atoms with Crippen molar-refractivity contribution in [2.45, 2.75) is 45.4 Å². The molecule has 0 saturated heterocycles. The highest BCUT2D eigenvalue weighted by atomic mass is 16.5. The van der Waals surface area contributed by atoms with Crippen LogP contribution in [0.4, 0.5) is 0 Å². The Morgan fingerprint density at radius 1 is 1.25 bits per heavy atom. The Kier molecular flexibility index (Phi) is 5.09. The topological polar surface area (TPSA) is 9.23 Å². The van der Waals surface area contributed by atoms with Gasteiger partial charge in [0.05, 0.1) is 6.61 Å². The van der Waals surface area contributed by atoms with E-state index in [9.17, 15) is 0 Å². The summed E-state index contributed by atoms with van der Waals surface area (Å²) >= 11 is 0. The average molecular weight is 168 g/mol. The molecule has 1 nitrogen and oxygen atoms in total. The summed E-state index contributed by atoms with van der Waals surface area (Å²) < 4.78 is 5.41. The van der Waals surface area contributed by atoms with Crippen LogP contribution in [0.2, 0.25) is 0 Å². The van der Waals surface area contributed by atoms with Gasteiger partial charge in [-0.15, -0.1) is 0 Å². The summed E-state index contributed by atoms with van der Waals surface area (Å²) in [5.41, 5.74) is 1.62. The van der Waals surface area contributed by atoms with Crippen LogP contribution in [0.15, 0.2) is 11.6 Å². The normalized spacial score (nSPS) is 17.9. The molecular weight excluding hydrogens is 148 g/mol. The maximum Gasteiger partial charge on any atom is 0.0650 e. The van der Waals surface area contributed by atoms with E-state index in [1.165, 1.54) is 32.1 Å². The molecule has 0 radical (unpaired) electrons. The van der Waals surface area contributed by atoms with Crippen LogP contribution in [-0.2, 0) is 4.74 Å². The molecule has 0 aromatic carbocycles. The highest BCUT2D eigenvalue weighted by Gasteiger charge is 2.03. The molecule has 0 bridgehead atoms. The van der Waals surface area contributed by atoms with Gasteiger partial charge in [-0.1, -0.05) is 25.0 Å². The van der Waals surface area contributed by atoms with Gasteiger partial charge in [0.1, 0.15) is 0 Å². The van der Waals surface area contributed by atoms with E-state index in [-0.39, 0.29) is 0 Å². The molecule has 0 aromatic rings. The quantitative estimate of drug-likeness (QED) is 0.462. The standard InChI is InChI=1S/C11H20O/c1-2-9-12-10-8-11-6-4-3-5-7-11/h8H,2-7,9-10H2,1H3. The van der Waals surface area contributed by atoms with Crippen LogP contribution in [0.25, 0.3) is 0 Å². The van der Waals surface area contributed by atoms with Crippen molar-refractivity contribution < 1.29 is 4.74 Å². The minimum absolute atomic E-state index is 0.836. The first-order valence-electron chi connectivity index (χ1n) is 5.19. The van der Waals surface area contributed by atoms with E-state index in [0.717, 1.165) is 19.6 Å². The van der Waals surface area contributed by atoms with Gasteiger partial charge in [-0.25, -0.2) is 0 Å². The van der Waals surface area contributed by atoms with E-state index in [0.29, 0.717) is 0 Å². The zero-order chi connectivity index (χ0) is 8.65. The number of hydrogen-bond donors (Lipinski definition) is 0. The molecule has 1 saturated carbocycles. The van der Waals surface area contributed by atoms with E-state index in [2.05, 4.69) is 13.0 Å². The van der Waals surface area contributed by atoms with Gasteiger partial charge >= 0.3 is 0 Å². The fraction of sp³-hybridized carbons (Fsp3) is 0.818. The van der Waals surface area contributed by atoms with E-state index < -0.39 is 0 Å². The molecule has 0 atom stereocenters. The molecule has 1 fully saturated rings. The highest BCUT2D eigenvalue weighted by molar-refractivity contribution is 5.03. The van der Waals surface area contributed by atoms with Crippen molar-refractivity contribution in [2.75, 3.05) is 13.2 Å². The van der Waals surface area contributed by atoms with Gasteiger partial charge in [-0.2, -0.15) is 0 Å². The highest BCUT2D eigenvalue weighted by Crippen LogP contribution is 2.22. The lowest BCUT2D eigenvalue weighted by Crippen LogP contribution is -1.97. The van der Waals surface area contributed by atoms with Crippen molar-refractivity contribution in [3.05, 3.63) is 11.6 Å². The Labute approximate surface area is 75.8 Å². The first kappa shape index (κ1) is 9.79. The van der Waals surface area contributed by atoms with Crippen LogP contribution < -0.4 is 0 Å². The minimum atomic E-state index is 0.836. The molecule has 1 aliphatic rings. The molecule has 1 aliphatic carbocycles. The maximum atomic E-state index is 5.41. The summed E-state index contributed by atoms with van der Waals surface area (Å²) in [6.45, 7) is 3.89. The van der Waals surface area contributed by atoms with Crippen molar-refractivity contribution in [2.24, 2.45) is 0 Å². The van der Waals surface area contributed by atoms with E-state index >= 15 is 0 Å². The van der Waals surface area contributed by atoms with E-state index in [4.69, 9.17) is 4.74 Å². The first-order valence-corrected chi connectivity index (χ1v) is 5.19. The van der Waals surface area contributed by atoms with Crippen LogP contribution in [0.3, 0.4) is 0 Å². The molecule has 0 amide bonds. The SMILES string of the molecule is CCCOCC=C1CCCCC1. The molecule has 0 spiro atoms. The molecule has 0 aromatic heterocycles.